The predicted molar refractivity (Wildman–Crippen MR) is 128 cm³/mol. The van der Waals surface area contributed by atoms with Crippen LogP contribution in [0.15, 0.2) is 78.6 Å². The number of rotatable bonds is 7. The van der Waals surface area contributed by atoms with Crippen LogP contribution >= 0.6 is 0 Å². The second-order valence-electron chi connectivity index (χ2n) is 7.86. The number of nitrogens with zero attached hydrogens (tertiary/aromatic N) is 1. The zero-order valence-corrected chi connectivity index (χ0v) is 18.1. The van der Waals surface area contributed by atoms with Crippen molar-refractivity contribution in [2.45, 2.75) is 18.9 Å². The number of amides is 1. The molecule has 1 amide bonds. The third kappa shape index (κ3) is 5.10. The number of benzene rings is 3. The number of carbonyl (C=O) groups excluding carboxylic acids is 2. The van der Waals surface area contributed by atoms with Crippen LogP contribution in [0.1, 0.15) is 35.6 Å². The molecule has 164 valence electrons. The molecule has 4 N–H and O–H groups in total. The average molecular weight is 438 g/mol. The summed E-state index contributed by atoms with van der Waals surface area (Å²) in [6.07, 6.45) is 0. The van der Waals surface area contributed by atoms with Gasteiger partial charge in [0.25, 0.3) is 0 Å². The Morgan fingerprint density at radius 1 is 0.970 bits per heavy atom. The zero-order valence-electron chi connectivity index (χ0n) is 18.1. The van der Waals surface area contributed by atoms with Crippen molar-refractivity contribution in [3.05, 3.63) is 95.3 Å². The summed E-state index contributed by atoms with van der Waals surface area (Å²) in [4.78, 5) is 24.1. The molecule has 7 heteroatoms. The predicted octanol–water partition coefficient (Wildman–Crippen LogP) is 4.14. The largest absolute Gasteiger partial charge is 0.331 e. The molecule has 0 aliphatic carbocycles. The maximum absolute atomic E-state index is 13.3. The van der Waals surface area contributed by atoms with E-state index in [2.05, 4.69) is 34.3 Å². The van der Waals surface area contributed by atoms with Gasteiger partial charge in [-0.05, 0) is 47.4 Å². The lowest BCUT2D eigenvalue weighted by molar-refractivity contribution is -0.118. The molecule has 1 aliphatic rings. The van der Waals surface area contributed by atoms with Crippen molar-refractivity contribution in [3.63, 3.8) is 0 Å². The van der Waals surface area contributed by atoms with Crippen LogP contribution in [-0.2, 0) is 9.59 Å². The molecule has 0 fully saturated rings. The zero-order chi connectivity index (χ0) is 23.2. The number of carbonyl (C=O) groups is 1. The van der Waals surface area contributed by atoms with Gasteiger partial charge in [-0.15, -0.1) is 0 Å². The highest BCUT2D eigenvalue weighted by molar-refractivity contribution is 5.97. The van der Waals surface area contributed by atoms with Gasteiger partial charge in [0.15, 0.2) is 11.8 Å². The molecule has 7 nitrogen and oxygen atoms in total. The van der Waals surface area contributed by atoms with Gasteiger partial charge < -0.3 is 21.3 Å². The summed E-state index contributed by atoms with van der Waals surface area (Å²) in [6, 6.07) is 23.9. The first-order chi connectivity index (χ1) is 16.1. The lowest BCUT2D eigenvalue weighted by Crippen LogP contribution is -2.35. The van der Waals surface area contributed by atoms with Crippen LogP contribution in [-0.4, -0.2) is 18.4 Å². The summed E-state index contributed by atoms with van der Waals surface area (Å²) in [7, 11) is 0. The van der Waals surface area contributed by atoms with Crippen LogP contribution in [0.4, 0.5) is 17.1 Å². The third-order valence-corrected chi connectivity index (χ3v) is 5.54. The van der Waals surface area contributed by atoms with E-state index in [0.717, 1.165) is 16.8 Å². The van der Waals surface area contributed by atoms with Gasteiger partial charge in [0.05, 0.1) is 23.0 Å². The summed E-state index contributed by atoms with van der Waals surface area (Å²) in [6.45, 7) is 2.65. The van der Waals surface area contributed by atoms with Crippen LogP contribution in [0.3, 0.4) is 0 Å². The molecular formula is C26H23N5O2. The van der Waals surface area contributed by atoms with Gasteiger partial charge >= 0.3 is 0 Å². The summed E-state index contributed by atoms with van der Waals surface area (Å²) in [5.41, 5.74) is 4.63. The highest BCUT2D eigenvalue weighted by Crippen LogP contribution is 2.32. The standard InChI is InChI=1S/C26H23N5O2/c1-17(19-9-7-18(14-27)8-10-19)15-28-25(20-5-3-2-4-6-20)26(33)29-21-11-12-22-23(13-21)31-24(16-32)30-22/h2-13,17,25,28,30-31H,15H2,1H3,(H,29,33)/t17-,25?/m1/s1. The fourth-order valence-electron chi connectivity index (χ4n) is 3.71. The normalized spacial score (nSPS) is 13.5. The first-order valence-electron chi connectivity index (χ1n) is 10.6. The van der Waals surface area contributed by atoms with E-state index < -0.39 is 6.04 Å². The Labute approximate surface area is 192 Å². The SMILES string of the molecule is C[C@H](CNC(C(=O)Nc1ccc2c(c1)NC(=C=O)N2)c1ccccc1)c1ccc(C#N)cc1. The fourth-order valence-corrected chi connectivity index (χ4v) is 3.71. The quantitative estimate of drug-likeness (QED) is 0.414. The fraction of sp³-hybridized carbons (Fsp3) is 0.154. The van der Waals surface area contributed by atoms with Crippen LogP contribution in [0.25, 0.3) is 0 Å². The van der Waals surface area contributed by atoms with Crippen LogP contribution in [0, 0.1) is 11.3 Å². The van der Waals surface area contributed by atoms with E-state index in [1.54, 1.807) is 36.3 Å². The summed E-state index contributed by atoms with van der Waals surface area (Å²) < 4.78 is 0. The monoisotopic (exact) mass is 437 g/mol. The van der Waals surface area contributed by atoms with E-state index in [0.29, 0.717) is 23.5 Å². The molecule has 3 aromatic carbocycles. The summed E-state index contributed by atoms with van der Waals surface area (Å²) in [5.74, 6) is 1.98. The Balaban J connectivity index is 1.48. The molecule has 2 atom stereocenters. The number of anilines is 3. The number of hydrogen-bond donors (Lipinski definition) is 4. The molecule has 0 bridgehead atoms. The van der Waals surface area contributed by atoms with Gasteiger partial charge in [0.2, 0.25) is 5.91 Å². The van der Waals surface area contributed by atoms with Crippen molar-refractivity contribution in [2.75, 3.05) is 22.5 Å². The average Bonchev–Trinajstić information content (AvgIpc) is 3.27. The molecule has 1 unspecified atom stereocenters. The third-order valence-electron chi connectivity index (χ3n) is 5.54. The van der Waals surface area contributed by atoms with Gasteiger partial charge in [-0.2, -0.15) is 5.26 Å². The molecule has 0 aromatic heterocycles. The van der Waals surface area contributed by atoms with Crippen LogP contribution in [0.5, 0.6) is 0 Å². The molecule has 0 saturated heterocycles. The van der Waals surface area contributed by atoms with Crippen molar-refractivity contribution in [1.29, 1.82) is 5.26 Å². The molecule has 1 aliphatic heterocycles. The van der Waals surface area contributed by atoms with E-state index in [1.165, 1.54) is 0 Å². The lowest BCUT2D eigenvalue weighted by Gasteiger charge is -2.22. The minimum Gasteiger partial charge on any atom is -0.331 e. The van der Waals surface area contributed by atoms with Crippen molar-refractivity contribution in [2.24, 2.45) is 0 Å². The molecule has 0 spiro atoms. The van der Waals surface area contributed by atoms with Crippen molar-refractivity contribution in [3.8, 4) is 6.07 Å². The van der Waals surface area contributed by atoms with Crippen molar-refractivity contribution in [1.82, 2.24) is 5.32 Å². The first kappa shape index (κ1) is 21.8. The van der Waals surface area contributed by atoms with Gasteiger partial charge in [0.1, 0.15) is 6.04 Å². The molecular weight excluding hydrogens is 414 g/mol. The molecule has 0 saturated carbocycles. The Kier molecular flexibility index (Phi) is 6.51. The van der Waals surface area contributed by atoms with E-state index in [-0.39, 0.29) is 17.6 Å². The molecule has 3 aromatic rings. The lowest BCUT2D eigenvalue weighted by atomic mass is 9.98. The topological polar surface area (TPSA) is 106 Å². The van der Waals surface area contributed by atoms with Crippen molar-refractivity contribution < 1.29 is 9.59 Å². The Morgan fingerprint density at radius 2 is 1.70 bits per heavy atom. The first-order valence-corrected chi connectivity index (χ1v) is 10.6. The van der Waals surface area contributed by atoms with Crippen molar-refractivity contribution >= 4 is 28.9 Å². The van der Waals surface area contributed by atoms with E-state index >= 15 is 0 Å². The number of fused-ring (bicyclic) bond motifs is 1. The highest BCUT2D eigenvalue weighted by Gasteiger charge is 2.22. The molecule has 4 rings (SSSR count). The smallest absolute Gasteiger partial charge is 0.246 e. The number of nitriles is 1. The molecule has 0 radical (unpaired) electrons. The second kappa shape index (κ2) is 9.84. The van der Waals surface area contributed by atoms with E-state index in [1.807, 2.05) is 42.5 Å². The number of nitrogens with one attached hydrogen (secondary N) is 4. The Bertz CT molecular complexity index is 1240. The Hall–Kier alpha value is -4.37. The molecule has 1 heterocycles. The van der Waals surface area contributed by atoms with Gasteiger partial charge in [-0.1, -0.05) is 49.4 Å². The van der Waals surface area contributed by atoms with Gasteiger partial charge in [0, 0.05) is 12.2 Å². The summed E-state index contributed by atoms with van der Waals surface area (Å²) in [5, 5.41) is 21.2. The minimum absolute atomic E-state index is 0.139. The van der Waals surface area contributed by atoms with E-state index in [4.69, 9.17) is 5.26 Å². The van der Waals surface area contributed by atoms with Gasteiger partial charge in [-0.3, -0.25) is 4.79 Å². The van der Waals surface area contributed by atoms with Crippen LogP contribution < -0.4 is 21.3 Å². The maximum atomic E-state index is 13.3. The summed E-state index contributed by atoms with van der Waals surface area (Å²) >= 11 is 0. The number of hydrogen-bond acceptors (Lipinski definition) is 6. The maximum Gasteiger partial charge on any atom is 0.246 e. The highest BCUT2D eigenvalue weighted by atomic mass is 16.2. The second-order valence-corrected chi connectivity index (χ2v) is 7.86. The Morgan fingerprint density at radius 3 is 2.39 bits per heavy atom. The van der Waals surface area contributed by atoms with Crippen LogP contribution in [0.2, 0.25) is 0 Å². The minimum atomic E-state index is -0.559. The molecule has 33 heavy (non-hydrogen) atoms. The van der Waals surface area contributed by atoms with Gasteiger partial charge in [-0.25, -0.2) is 4.79 Å². The van der Waals surface area contributed by atoms with E-state index in [9.17, 15) is 9.59 Å².